The highest BCUT2D eigenvalue weighted by Crippen LogP contribution is 2.13. The van der Waals surface area contributed by atoms with Crippen LogP contribution in [0.1, 0.15) is 26.2 Å². The van der Waals surface area contributed by atoms with Crippen LogP contribution in [-0.2, 0) is 0 Å². The van der Waals surface area contributed by atoms with E-state index in [0.717, 1.165) is 12.8 Å². The van der Waals surface area contributed by atoms with Crippen molar-refractivity contribution < 1.29 is 0 Å². The first-order valence-electron chi connectivity index (χ1n) is 3.31. The summed E-state index contributed by atoms with van der Waals surface area (Å²) in [5.41, 5.74) is 0. The maximum Gasteiger partial charge on any atom is 0.0191 e. The standard InChI is InChI=1S/C7H15NS/c1-3-5-6-7(4-2)9-8/h3,7H,1,4-6,8H2,2H3. The van der Waals surface area contributed by atoms with Crippen molar-refractivity contribution in [2.24, 2.45) is 5.14 Å². The van der Waals surface area contributed by atoms with Gasteiger partial charge >= 0.3 is 0 Å². The van der Waals surface area contributed by atoms with E-state index in [2.05, 4.69) is 13.5 Å². The SMILES string of the molecule is C=CCCC(CC)SN. The van der Waals surface area contributed by atoms with E-state index in [4.69, 9.17) is 5.14 Å². The number of nitrogens with two attached hydrogens (primary N) is 1. The maximum absolute atomic E-state index is 5.41. The van der Waals surface area contributed by atoms with Crippen molar-refractivity contribution in [1.29, 1.82) is 0 Å². The molecule has 2 N–H and O–H groups in total. The highest BCUT2D eigenvalue weighted by atomic mass is 32.2. The molecule has 1 atom stereocenters. The second-order valence-corrected chi connectivity index (χ2v) is 2.97. The van der Waals surface area contributed by atoms with E-state index in [1.54, 1.807) is 0 Å². The highest BCUT2D eigenvalue weighted by molar-refractivity contribution is 7.97. The van der Waals surface area contributed by atoms with E-state index in [0.29, 0.717) is 5.25 Å². The summed E-state index contributed by atoms with van der Waals surface area (Å²) >= 11 is 1.46. The summed E-state index contributed by atoms with van der Waals surface area (Å²) in [7, 11) is 0. The molecule has 1 nitrogen and oxygen atoms in total. The molecule has 0 aromatic carbocycles. The van der Waals surface area contributed by atoms with Crippen LogP contribution in [0.15, 0.2) is 12.7 Å². The summed E-state index contributed by atoms with van der Waals surface area (Å²) in [4.78, 5) is 0. The maximum atomic E-state index is 5.41. The summed E-state index contributed by atoms with van der Waals surface area (Å²) in [5, 5.41) is 6.03. The van der Waals surface area contributed by atoms with E-state index in [1.165, 1.54) is 18.4 Å². The molecule has 0 aromatic heterocycles. The van der Waals surface area contributed by atoms with Crippen molar-refractivity contribution >= 4 is 11.9 Å². The lowest BCUT2D eigenvalue weighted by Gasteiger charge is -2.07. The number of hydrogen-bond donors (Lipinski definition) is 1. The predicted octanol–water partition coefficient (Wildman–Crippen LogP) is 2.34. The average molecular weight is 145 g/mol. The third kappa shape index (κ3) is 4.55. The summed E-state index contributed by atoms with van der Waals surface area (Å²) < 4.78 is 0. The lowest BCUT2D eigenvalue weighted by Crippen LogP contribution is -2.02. The van der Waals surface area contributed by atoms with Crippen molar-refractivity contribution in [1.82, 2.24) is 0 Å². The topological polar surface area (TPSA) is 26.0 Å². The van der Waals surface area contributed by atoms with Gasteiger partial charge in [0.15, 0.2) is 0 Å². The van der Waals surface area contributed by atoms with Gasteiger partial charge in [0.25, 0.3) is 0 Å². The first kappa shape index (κ1) is 9.05. The van der Waals surface area contributed by atoms with E-state index >= 15 is 0 Å². The summed E-state index contributed by atoms with van der Waals surface area (Å²) in [5.74, 6) is 0. The second kappa shape index (κ2) is 6.17. The number of allylic oxidation sites excluding steroid dienone is 1. The summed E-state index contributed by atoms with van der Waals surface area (Å²) in [6.07, 6.45) is 5.36. The Morgan fingerprint density at radius 1 is 1.78 bits per heavy atom. The normalized spacial score (nSPS) is 13.1. The van der Waals surface area contributed by atoms with Crippen LogP contribution in [0.4, 0.5) is 0 Å². The molecule has 0 saturated carbocycles. The molecule has 0 radical (unpaired) electrons. The molecule has 0 bridgehead atoms. The number of hydrogen-bond acceptors (Lipinski definition) is 2. The van der Waals surface area contributed by atoms with Crippen LogP contribution in [0.25, 0.3) is 0 Å². The van der Waals surface area contributed by atoms with Crippen LogP contribution in [0.2, 0.25) is 0 Å². The molecular formula is C7H15NS. The highest BCUT2D eigenvalue weighted by Gasteiger charge is 2.00. The molecule has 0 aliphatic carbocycles. The van der Waals surface area contributed by atoms with Gasteiger partial charge in [-0.2, -0.15) is 0 Å². The van der Waals surface area contributed by atoms with Crippen LogP contribution in [0, 0.1) is 0 Å². The molecule has 54 valence electrons. The fraction of sp³-hybridized carbons (Fsp3) is 0.714. The summed E-state index contributed by atoms with van der Waals surface area (Å²) in [6, 6.07) is 0. The zero-order valence-electron chi connectivity index (χ0n) is 5.97. The molecule has 2 heteroatoms. The first-order valence-corrected chi connectivity index (χ1v) is 4.25. The van der Waals surface area contributed by atoms with Crippen molar-refractivity contribution in [2.75, 3.05) is 0 Å². The Morgan fingerprint density at radius 3 is 2.78 bits per heavy atom. The molecule has 1 unspecified atom stereocenters. The van der Waals surface area contributed by atoms with Gasteiger partial charge < -0.3 is 0 Å². The lowest BCUT2D eigenvalue weighted by molar-refractivity contribution is 0.749. The minimum Gasteiger partial charge on any atom is -0.278 e. The van der Waals surface area contributed by atoms with Gasteiger partial charge in [-0.15, -0.1) is 6.58 Å². The molecule has 9 heavy (non-hydrogen) atoms. The largest absolute Gasteiger partial charge is 0.278 e. The predicted molar refractivity (Wildman–Crippen MR) is 45.3 cm³/mol. The van der Waals surface area contributed by atoms with Crippen LogP contribution >= 0.6 is 11.9 Å². The fourth-order valence-electron chi connectivity index (χ4n) is 0.672. The smallest absolute Gasteiger partial charge is 0.0191 e. The van der Waals surface area contributed by atoms with Gasteiger partial charge in [-0.05, 0) is 19.3 Å². The molecule has 0 aliphatic rings. The Labute approximate surface area is 61.8 Å². The molecule has 0 fully saturated rings. The van der Waals surface area contributed by atoms with Gasteiger partial charge in [-0.25, -0.2) is 0 Å². The molecule has 0 rings (SSSR count). The van der Waals surface area contributed by atoms with Crippen molar-refractivity contribution in [3.63, 3.8) is 0 Å². The summed E-state index contributed by atoms with van der Waals surface area (Å²) in [6.45, 7) is 5.81. The monoisotopic (exact) mass is 145 g/mol. The minimum atomic E-state index is 0.628. The molecule has 0 spiro atoms. The third-order valence-electron chi connectivity index (χ3n) is 1.34. The zero-order chi connectivity index (χ0) is 7.11. The van der Waals surface area contributed by atoms with E-state index in [1.807, 2.05) is 6.08 Å². The van der Waals surface area contributed by atoms with E-state index in [-0.39, 0.29) is 0 Å². The third-order valence-corrected chi connectivity index (χ3v) is 2.29. The Balaban J connectivity index is 3.19. The first-order chi connectivity index (χ1) is 4.35. The molecule has 0 saturated heterocycles. The second-order valence-electron chi connectivity index (χ2n) is 2.03. The number of rotatable bonds is 5. The minimum absolute atomic E-state index is 0.628. The molecule has 0 aromatic rings. The van der Waals surface area contributed by atoms with Gasteiger partial charge in [0.05, 0.1) is 0 Å². The quantitative estimate of drug-likeness (QED) is 0.474. The molecule has 0 heterocycles. The van der Waals surface area contributed by atoms with Gasteiger partial charge in [-0.1, -0.05) is 24.9 Å². The molecule has 0 amide bonds. The zero-order valence-corrected chi connectivity index (χ0v) is 6.79. The fourth-order valence-corrected chi connectivity index (χ4v) is 1.14. The van der Waals surface area contributed by atoms with Gasteiger partial charge in [0.2, 0.25) is 0 Å². The van der Waals surface area contributed by atoms with Crippen molar-refractivity contribution in [2.45, 2.75) is 31.4 Å². The van der Waals surface area contributed by atoms with Gasteiger partial charge in [-0.3, -0.25) is 5.14 Å². The lowest BCUT2D eigenvalue weighted by atomic mass is 10.2. The molecule has 0 aliphatic heterocycles. The molecular weight excluding hydrogens is 130 g/mol. The van der Waals surface area contributed by atoms with Crippen molar-refractivity contribution in [3.05, 3.63) is 12.7 Å². The van der Waals surface area contributed by atoms with Crippen LogP contribution in [-0.4, -0.2) is 5.25 Å². The Hall–Kier alpha value is 0.0500. The van der Waals surface area contributed by atoms with Crippen LogP contribution in [0.5, 0.6) is 0 Å². The van der Waals surface area contributed by atoms with E-state index < -0.39 is 0 Å². The van der Waals surface area contributed by atoms with Crippen LogP contribution < -0.4 is 5.14 Å². The Morgan fingerprint density at radius 2 is 2.44 bits per heavy atom. The van der Waals surface area contributed by atoms with Gasteiger partial charge in [0.1, 0.15) is 0 Å². The Kier molecular flexibility index (Phi) is 6.21. The van der Waals surface area contributed by atoms with Gasteiger partial charge in [0, 0.05) is 5.25 Å². The Bertz CT molecular complexity index is 69.3. The van der Waals surface area contributed by atoms with Crippen LogP contribution in [0.3, 0.4) is 0 Å². The van der Waals surface area contributed by atoms with Crippen molar-refractivity contribution in [3.8, 4) is 0 Å². The average Bonchev–Trinajstić information content (AvgIpc) is 1.91. The van der Waals surface area contributed by atoms with E-state index in [9.17, 15) is 0 Å².